The van der Waals surface area contributed by atoms with Crippen LogP contribution in [0, 0.1) is 11.3 Å². The third-order valence-corrected chi connectivity index (χ3v) is 2.50. The van der Waals surface area contributed by atoms with Gasteiger partial charge in [0.25, 0.3) is 0 Å². The molecule has 1 saturated heterocycles. The van der Waals surface area contributed by atoms with Crippen LogP contribution in [0.3, 0.4) is 0 Å². The summed E-state index contributed by atoms with van der Waals surface area (Å²) in [6.07, 6.45) is 3.53. The van der Waals surface area contributed by atoms with Crippen LogP contribution >= 0.6 is 0 Å². The van der Waals surface area contributed by atoms with Crippen molar-refractivity contribution in [2.75, 3.05) is 18.0 Å². The summed E-state index contributed by atoms with van der Waals surface area (Å²) in [6, 6.07) is 1.96. The van der Waals surface area contributed by atoms with Gasteiger partial charge < -0.3 is 9.64 Å². The van der Waals surface area contributed by atoms with Crippen LogP contribution in [0.4, 0.5) is 5.82 Å². The minimum atomic E-state index is 0.196. The SMILES string of the molecule is C[C@@H]1CN(c2cnc(C#N)cn2)C[C@H](C)O1. The number of ether oxygens (including phenoxy) is 1. The third kappa shape index (κ3) is 2.28. The average Bonchev–Trinajstić information content (AvgIpc) is 2.28. The fourth-order valence-corrected chi connectivity index (χ4v) is 1.91. The zero-order valence-electron chi connectivity index (χ0n) is 9.42. The average molecular weight is 218 g/mol. The summed E-state index contributed by atoms with van der Waals surface area (Å²) in [5.41, 5.74) is 0.345. The third-order valence-electron chi connectivity index (χ3n) is 2.50. The molecule has 2 atom stereocenters. The maximum absolute atomic E-state index is 8.64. The van der Waals surface area contributed by atoms with Gasteiger partial charge in [0.15, 0.2) is 5.69 Å². The van der Waals surface area contributed by atoms with Gasteiger partial charge in [-0.2, -0.15) is 5.26 Å². The fourth-order valence-electron chi connectivity index (χ4n) is 1.91. The van der Waals surface area contributed by atoms with Crippen molar-refractivity contribution in [1.82, 2.24) is 9.97 Å². The molecule has 2 heterocycles. The highest BCUT2D eigenvalue weighted by Crippen LogP contribution is 2.16. The van der Waals surface area contributed by atoms with E-state index in [1.807, 2.05) is 19.9 Å². The molecule has 2 rings (SSSR count). The Labute approximate surface area is 94.7 Å². The van der Waals surface area contributed by atoms with Gasteiger partial charge in [-0.25, -0.2) is 9.97 Å². The highest BCUT2D eigenvalue weighted by Gasteiger charge is 2.23. The van der Waals surface area contributed by atoms with Crippen LogP contribution in [0.5, 0.6) is 0 Å². The molecule has 84 valence electrons. The summed E-state index contributed by atoms with van der Waals surface area (Å²) < 4.78 is 5.64. The molecule has 1 aliphatic heterocycles. The Bertz CT molecular complexity index is 387. The van der Waals surface area contributed by atoms with Gasteiger partial charge in [-0.15, -0.1) is 0 Å². The first-order chi connectivity index (χ1) is 7.69. The van der Waals surface area contributed by atoms with Crippen LogP contribution < -0.4 is 4.90 Å². The van der Waals surface area contributed by atoms with E-state index in [9.17, 15) is 0 Å². The summed E-state index contributed by atoms with van der Waals surface area (Å²) in [5, 5.41) is 8.64. The number of nitrogens with zero attached hydrogens (tertiary/aromatic N) is 4. The molecule has 0 saturated carbocycles. The highest BCUT2D eigenvalue weighted by molar-refractivity contribution is 5.38. The van der Waals surface area contributed by atoms with E-state index in [0.717, 1.165) is 18.9 Å². The van der Waals surface area contributed by atoms with Crippen LogP contribution in [-0.4, -0.2) is 35.3 Å². The second-order valence-electron chi connectivity index (χ2n) is 4.03. The minimum absolute atomic E-state index is 0.196. The lowest BCUT2D eigenvalue weighted by atomic mass is 10.2. The normalized spacial score (nSPS) is 25.2. The molecule has 0 N–H and O–H groups in total. The van der Waals surface area contributed by atoms with Crippen molar-refractivity contribution in [3.63, 3.8) is 0 Å². The molecule has 5 nitrogen and oxygen atoms in total. The molecular formula is C11H14N4O. The zero-order valence-corrected chi connectivity index (χ0v) is 9.42. The first-order valence-electron chi connectivity index (χ1n) is 5.31. The first kappa shape index (κ1) is 10.8. The van der Waals surface area contributed by atoms with Crippen LogP contribution in [0.25, 0.3) is 0 Å². The van der Waals surface area contributed by atoms with Gasteiger partial charge in [0.2, 0.25) is 0 Å². The number of nitriles is 1. The predicted molar refractivity (Wildman–Crippen MR) is 59.0 cm³/mol. The maximum atomic E-state index is 8.64. The van der Waals surface area contributed by atoms with Gasteiger partial charge in [-0.1, -0.05) is 0 Å². The Balaban J connectivity index is 2.14. The van der Waals surface area contributed by atoms with Crippen molar-refractivity contribution < 1.29 is 4.74 Å². The molecule has 0 amide bonds. The van der Waals surface area contributed by atoms with E-state index in [2.05, 4.69) is 14.9 Å². The summed E-state index contributed by atoms with van der Waals surface area (Å²) in [6.45, 7) is 5.70. The van der Waals surface area contributed by atoms with E-state index in [1.165, 1.54) is 6.20 Å². The molecule has 5 heteroatoms. The summed E-state index contributed by atoms with van der Waals surface area (Å²) in [7, 11) is 0. The molecule has 0 unspecified atom stereocenters. The maximum Gasteiger partial charge on any atom is 0.158 e. The van der Waals surface area contributed by atoms with Crippen molar-refractivity contribution in [3.8, 4) is 6.07 Å². The number of hydrogen-bond donors (Lipinski definition) is 0. The molecule has 1 aliphatic rings. The van der Waals surface area contributed by atoms with E-state index >= 15 is 0 Å². The lowest BCUT2D eigenvalue weighted by Gasteiger charge is -2.35. The van der Waals surface area contributed by atoms with E-state index in [-0.39, 0.29) is 12.2 Å². The van der Waals surface area contributed by atoms with Gasteiger partial charge >= 0.3 is 0 Å². The van der Waals surface area contributed by atoms with Crippen molar-refractivity contribution in [2.24, 2.45) is 0 Å². The standard InChI is InChI=1S/C11H14N4O/c1-8-6-15(7-9(2)16-8)11-5-13-10(3-12)4-14-11/h4-5,8-9H,6-7H2,1-2H3/t8-,9+. The number of aromatic nitrogens is 2. The highest BCUT2D eigenvalue weighted by atomic mass is 16.5. The number of morpholine rings is 1. The molecule has 0 aliphatic carbocycles. The smallest absolute Gasteiger partial charge is 0.158 e. The largest absolute Gasteiger partial charge is 0.372 e. The summed E-state index contributed by atoms with van der Waals surface area (Å²) in [4.78, 5) is 10.4. The predicted octanol–water partition coefficient (Wildman–Crippen LogP) is 0.962. The Morgan fingerprint density at radius 2 is 2.00 bits per heavy atom. The van der Waals surface area contributed by atoms with E-state index < -0.39 is 0 Å². The van der Waals surface area contributed by atoms with Gasteiger partial charge in [-0.05, 0) is 13.8 Å². The topological polar surface area (TPSA) is 62.0 Å². The summed E-state index contributed by atoms with van der Waals surface area (Å²) >= 11 is 0. The van der Waals surface area contributed by atoms with Crippen molar-refractivity contribution in [2.45, 2.75) is 26.1 Å². The van der Waals surface area contributed by atoms with Gasteiger partial charge in [0.05, 0.1) is 24.6 Å². The number of hydrogen-bond acceptors (Lipinski definition) is 5. The first-order valence-corrected chi connectivity index (χ1v) is 5.31. The van der Waals surface area contributed by atoms with Crippen LogP contribution in [-0.2, 0) is 4.74 Å². The molecule has 1 fully saturated rings. The van der Waals surface area contributed by atoms with E-state index in [1.54, 1.807) is 6.20 Å². The molecule has 1 aromatic heterocycles. The quantitative estimate of drug-likeness (QED) is 0.702. The Morgan fingerprint density at radius 1 is 1.31 bits per heavy atom. The molecular weight excluding hydrogens is 204 g/mol. The van der Waals surface area contributed by atoms with E-state index in [4.69, 9.17) is 10.00 Å². The second-order valence-corrected chi connectivity index (χ2v) is 4.03. The van der Waals surface area contributed by atoms with Crippen LogP contribution in [0.2, 0.25) is 0 Å². The number of rotatable bonds is 1. The lowest BCUT2D eigenvalue weighted by molar-refractivity contribution is -0.00547. The molecule has 0 spiro atoms. The van der Waals surface area contributed by atoms with Crippen molar-refractivity contribution >= 4 is 5.82 Å². The van der Waals surface area contributed by atoms with E-state index in [0.29, 0.717) is 5.69 Å². The van der Waals surface area contributed by atoms with Crippen LogP contribution in [0.15, 0.2) is 12.4 Å². The Morgan fingerprint density at radius 3 is 2.50 bits per heavy atom. The lowest BCUT2D eigenvalue weighted by Crippen LogP contribution is -2.45. The van der Waals surface area contributed by atoms with Crippen molar-refractivity contribution in [1.29, 1.82) is 5.26 Å². The van der Waals surface area contributed by atoms with Crippen molar-refractivity contribution in [3.05, 3.63) is 18.1 Å². The monoisotopic (exact) mass is 218 g/mol. The van der Waals surface area contributed by atoms with Gasteiger partial charge in [-0.3, -0.25) is 0 Å². The number of anilines is 1. The van der Waals surface area contributed by atoms with Gasteiger partial charge in [0, 0.05) is 13.1 Å². The minimum Gasteiger partial charge on any atom is -0.372 e. The van der Waals surface area contributed by atoms with Crippen LogP contribution in [0.1, 0.15) is 19.5 Å². The molecule has 1 aromatic rings. The summed E-state index contributed by atoms with van der Waals surface area (Å²) in [5.74, 6) is 0.806. The molecule has 0 radical (unpaired) electrons. The molecule has 16 heavy (non-hydrogen) atoms. The Kier molecular flexibility index (Phi) is 3.02. The molecule has 0 aromatic carbocycles. The second kappa shape index (κ2) is 4.45. The molecule has 0 bridgehead atoms. The van der Waals surface area contributed by atoms with Gasteiger partial charge in [0.1, 0.15) is 11.9 Å². The fraction of sp³-hybridized carbons (Fsp3) is 0.545. The zero-order chi connectivity index (χ0) is 11.5. The Hall–Kier alpha value is -1.67.